The van der Waals surface area contributed by atoms with Gasteiger partial charge in [0.25, 0.3) is 5.91 Å². The minimum Gasteiger partial charge on any atom is -0.345 e. The summed E-state index contributed by atoms with van der Waals surface area (Å²) in [6.45, 7) is 0. The summed E-state index contributed by atoms with van der Waals surface area (Å²) in [4.78, 5) is 22.1. The SMILES string of the molecule is O=C(NC1(CBr)CC1)c1ccc([N+](=O)[O-])s1. The molecular formula is C9H9BrN2O3S. The summed E-state index contributed by atoms with van der Waals surface area (Å²) in [6.07, 6.45) is 1.91. The Hall–Kier alpha value is -0.950. The van der Waals surface area contributed by atoms with Crippen molar-refractivity contribution in [3.63, 3.8) is 0 Å². The average molecular weight is 305 g/mol. The van der Waals surface area contributed by atoms with Gasteiger partial charge in [-0.2, -0.15) is 0 Å². The van der Waals surface area contributed by atoms with Crippen molar-refractivity contribution in [1.29, 1.82) is 0 Å². The van der Waals surface area contributed by atoms with Gasteiger partial charge in [0.1, 0.15) is 0 Å². The van der Waals surface area contributed by atoms with Gasteiger partial charge in [-0.3, -0.25) is 14.9 Å². The minimum absolute atomic E-state index is 0.00570. The smallest absolute Gasteiger partial charge is 0.324 e. The van der Waals surface area contributed by atoms with Gasteiger partial charge in [-0.1, -0.05) is 27.3 Å². The Morgan fingerprint density at radius 1 is 1.62 bits per heavy atom. The van der Waals surface area contributed by atoms with Crippen molar-refractivity contribution in [3.8, 4) is 0 Å². The number of amides is 1. The molecule has 0 bridgehead atoms. The zero-order valence-corrected chi connectivity index (χ0v) is 10.6. The molecule has 1 aromatic rings. The van der Waals surface area contributed by atoms with E-state index in [9.17, 15) is 14.9 Å². The Labute approximate surface area is 104 Å². The van der Waals surface area contributed by atoms with E-state index in [1.807, 2.05) is 0 Å². The zero-order valence-electron chi connectivity index (χ0n) is 8.23. The Morgan fingerprint density at radius 2 is 2.31 bits per heavy atom. The number of nitrogens with one attached hydrogen (secondary N) is 1. The number of carbonyl (C=O) groups excluding carboxylic acids is 1. The topological polar surface area (TPSA) is 72.2 Å². The molecule has 1 fully saturated rings. The highest BCUT2D eigenvalue weighted by Crippen LogP contribution is 2.37. The van der Waals surface area contributed by atoms with Crippen LogP contribution in [0.4, 0.5) is 5.00 Å². The number of carbonyl (C=O) groups is 1. The van der Waals surface area contributed by atoms with Gasteiger partial charge in [-0.05, 0) is 18.9 Å². The molecule has 16 heavy (non-hydrogen) atoms. The predicted molar refractivity (Wildman–Crippen MR) is 64.2 cm³/mol. The molecular weight excluding hydrogens is 296 g/mol. The van der Waals surface area contributed by atoms with Crippen molar-refractivity contribution in [2.24, 2.45) is 0 Å². The molecule has 0 unspecified atom stereocenters. The van der Waals surface area contributed by atoms with E-state index >= 15 is 0 Å². The summed E-state index contributed by atoms with van der Waals surface area (Å²) < 4.78 is 0. The fourth-order valence-electron chi connectivity index (χ4n) is 1.29. The number of nitrogens with zero attached hydrogens (tertiary/aromatic N) is 1. The Morgan fingerprint density at radius 3 is 2.75 bits per heavy atom. The summed E-state index contributed by atoms with van der Waals surface area (Å²) >= 11 is 4.24. The summed E-state index contributed by atoms with van der Waals surface area (Å²) in [5.74, 6) is -0.227. The molecule has 1 aliphatic rings. The van der Waals surface area contributed by atoms with Crippen LogP contribution in [0, 0.1) is 10.1 Å². The van der Waals surface area contributed by atoms with Crippen molar-refractivity contribution in [3.05, 3.63) is 27.1 Å². The van der Waals surface area contributed by atoms with Crippen LogP contribution in [0.2, 0.25) is 0 Å². The normalized spacial score (nSPS) is 16.8. The van der Waals surface area contributed by atoms with Crippen LogP contribution in [0.5, 0.6) is 0 Å². The molecule has 0 spiro atoms. The van der Waals surface area contributed by atoms with Gasteiger partial charge >= 0.3 is 5.00 Å². The standard InChI is InChI=1S/C9H9BrN2O3S/c10-5-9(3-4-9)11-8(13)6-1-2-7(16-6)12(14)15/h1-2H,3-5H2,(H,11,13). The Bertz CT molecular complexity index is 442. The third-order valence-corrected chi connectivity index (χ3v) is 4.59. The first-order valence-electron chi connectivity index (χ1n) is 4.69. The molecule has 0 aliphatic heterocycles. The number of hydrogen-bond donors (Lipinski definition) is 1. The van der Waals surface area contributed by atoms with Crippen LogP contribution >= 0.6 is 27.3 Å². The molecule has 5 nitrogen and oxygen atoms in total. The molecule has 0 radical (unpaired) electrons. The van der Waals surface area contributed by atoms with Crippen LogP contribution in [0.1, 0.15) is 22.5 Å². The molecule has 0 saturated heterocycles. The first kappa shape index (κ1) is 11.5. The Kier molecular flexibility index (Phi) is 2.98. The van der Waals surface area contributed by atoms with E-state index in [4.69, 9.17) is 0 Å². The Balaban J connectivity index is 2.06. The van der Waals surface area contributed by atoms with Gasteiger partial charge in [0, 0.05) is 11.4 Å². The lowest BCUT2D eigenvalue weighted by Crippen LogP contribution is -2.37. The van der Waals surface area contributed by atoms with Gasteiger partial charge in [0.15, 0.2) is 0 Å². The maximum absolute atomic E-state index is 11.8. The number of thiophene rings is 1. The van der Waals surface area contributed by atoms with Crippen LogP contribution in [0.3, 0.4) is 0 Å². The maximum Gasteiger partial charge on any atom is 0.324 e. The first-order valence-corrected chi connectivity index (χ1v) is 6.63. The van der Waals surface area contributed by atoms with Crippen molar-refractivity contribution in [2.75, 3.05) is 5.33 Å². The third kappa shape index (κ3) is 2.25. The molecule has 2 rings (SSSR count). The van der Waals surface area contributed by atoms with Crippen molar-refractivity contribution in [1.82, 2.24) is 5.32 Å². The van der Waals surface area contributed by atoms with Gasteiger partial charge < -0.3 is 5.32 Å². The summed E-state index contributed by atoms with van der Waals surface area (Å²) in [5.41, 5.74) is -0.129. The second-order valence-electron chi connectivity index (χ2n) is 3.76. The molecule has 7 heteroatoms. The van der Waals surface area contributed by atoms with E-state index in [0.717, 1.165) is 29.5 Å². The number of hydrogen-bond acceptors (Lipinski definition) is 4. The second-order valence-corrected chi connectivity index (χ2v) is 5.39. The molecule has 0 atom stereocenters. The monoisotopic (exact) mass is 304 g/mol. The third-order valence-electron chi connectivity index (χ3n) is 2.48. The van der Waals surface area contributed by atoms with E-state index < -0.39 is 4.92 Å². The summed E-state index contributed by atoms with van der Waals surface area (Å²) in [6, 6.07) is 2.84. The molecule has 1 saturated carbocycles. The van der Waals surface area contributed by atoms with Gasteiger partial charge in [0.2, 0.25) is 0 Å². The lowest BCUT2D eigenvalue weighted by Gasteiger charge is -2.12. The van der Waals surface area contributed by atoms with E-state index in [1.165, 1.54) is 12.1 Å². The van der Waals surface area contributed by atoms with Crippen LogP contribution < -0.4 is 5.32 Å². The van der Waals surface area contributed by atoms with Gasteiger partial charge in [-0.25, -0.2) is 0 Å². The summed E-state index contributed by atoms with van der Waals surface area (Å²) in [5, 5.41) is 14.1. The van der Waals surface area contributed by atoms with E-state index in [2.05, 4.69) is 21.2 Å². The molecule has 1 amide bonds. The van der Waals surface area contributed by atoms with Crippen LogP contribution in [0.15, 0.2) is 12.1 Å². The molecule has 1 aliphatic carbocycles. The number of halogens is 1. The second kappa shape index (κ2) is 4.14. The largest absolute Gasteiger partial charge is 0.345 e. The number of alkyl halides is 1. The number of rotatable bonds is 4. The van der Waals surface area contributed by atoms with Crippen molar-refractivity contribution in [2.45, 2.75) is 18.4 Å². The number of nitro groups is 1. The molecule has 1 aromatic heterocycles. The highest BCUT2D eigenvalue weighted by Gasteiger charge is 2.43. The fraction of sp³-hybridized carbons (Fsp3) is 0.444. The van der Waals surface area contributed by atoms with Crippen LogP contribution in [0.25, 0.3) is 0 Å². The minimum atomic E-state index is -0.487. The van der Waals surface area contributed by atoms with Crippen LogP contribution in [-0.2, 0) is 0 Å². The van der Waals surface area contributed by atoms with Gasteiger partial charge in [0.05, 0.1) is 15.3 Å². The molecule has 1 heterocycles. The predicted octanol–water partition coefficient (Wildman–Crippen LogP) is 2.31. The fourth-order valence-corrected chi connectivity index (χ4v) is 2.71. The molecule has 1 N–H and O–H groups in total. The van der Waals surface area contributed by atoms with E-state index in [1.54, 1.807) is 0 Å². The quantitative estimate of drug-likeness (QED) is 0.527. The lowest BCUT2D eigenvalue weighted by molar-refractivity contribution is -0.380. The first-order chi connectivity index (χ1) is 7.56. The zero-order chi connectivity index (χ0) is 11.8. The maximum atomic E-state index is 11.8. The average Bonchev–Trinajstić information content (AvgIpc) is 2.83. The van der Waals surface area contributed by atoms with Crippen molar-refractivity contribution < 1.29 is 9.72 Å². The lowest BCUT2D eigenvalue weighted by atomic mass is 10.3. The van der Waals surface area contributed by atoms with Gasteiger partial charge in [-0.15, -0.1) is 0 Å². The highest BCUT2D eigenvalue weighted by molar-refractivity contribution is 9.09. The van der Waals surface area contributed by atoms with E-state index in [0.29, 0.717) is 4.88 Å². The van der Waals surface area contributed by atoms with E-state index in [-0.39, 0.29) is 16.4 Å². The van der Waals surface area contributed by atoms with Crippen molar-refractivity contribution >= 4 is 38.2 Å². The van der Waals surface area contributed by atoms with Crippen LogP contribution in [-0.4, -0.2) is 21.7 Å². The highest BCUT2D eigenvalue weighted by atomic mass is 79.9. The summed E-state index contributed by atoms with van der Waals surface area (Å²) in [7, 11) is 0. The molecule has 0 aromatic carbocycles. The molecule has 86 valence electrons.